The minimum atomic E-state index is -0.767. The molecule has 0 aromatic heterocycles. The lowest BCUT2D eigenvalue weighted by molar-refractivity contribution is -0.137. The van der Waals surface area contributed by atoms with E-state index in [0.717, 1.165) is 12.8 Å². The quantitative estimate of drug-likeness (QED) is 0.768. The molecular weight excluding hydrogens is 254 g/mol. The van der Waals surface area contributed by atoms with Crippen molar-refractivity contribution >= 4 is 11.9 Å². The molecule has 0 heterocycles. The molecule has 0 fully saturated rings. The number of carboxylic acid groups (broad SMARTS) is 1. The summed E-state index contributed by atoms with van der Waals surface area (Å²) in [7, 11) is 0. The zero-order chi connectivity index (χ0) is 15.0. The minimum absolute atomic E-state index is 0.0712. The molecule has 4 nitrogen and oxygen atoms in total. The van der Waals surface area contributed by atoms with Crippen molar-refractivity contribution in [2.24, 2.45) is 5.92 Å². The first-order valence-electron chi connectivity index (χ1n) is 7.11. The monoisotopic (exact) mass is 277 g/mol. The summed E-state index contributed by atoms with van der Waals surface area (Å²) in [6.45, 7) is 4.66. The van der Waals surface area contributed by atoms with Crippen LogP contribution >= 0.6 is 0 Å². The molecule has 0 radical (unpaired) electrons. The van der Waals surface area contributed by atoms with Crippen LogP contribution < -0.4 is 5.32 Å². The summed E-state index contributed by atoms with van der Waals surface area (Å²) in [6.07, 6.45) is 2.60. The van der Waals surface area contributed by atoms with Crippen LogP contribution in [0.1, 0.15) is 49.0 Å². The molecule has 0 aliphatic carbocycles. The molecule has 2 N–H and O–H groups in total. The van der Waals surface area contributed by atoms with Gasteiger partial charge in [-0.3, -0.25) is 9.59 Å². The van der Waals surface area contributed by atoms with Crippen LogP contribution in [0.3, 0.4) is 0 Å². The van der Waals surface area contributed by atoms with E-state index in [1.54, 1.807) is 0 Å². The summed E-state index contributed by atoms with van der Waals surface area (Å²) < 4.78 is 0. The molecule has 1 atom stereocenters. The van der Waals surface area contributed by atoms with Crippen molar-refractivity contribution in [1.82, 2.24) is 5.32 Å². The number of nitrogens with one attached hydrogen (secondary N) is 1. The van der Waals surface area contributed by atoms with E-state index in [4.69, 9.17) is 5.11 Å². The number of carbonyl (C=O) groups excluding carboxylic acids is 1. The van der Waals surface area contributed by atoms with Gasteiger partial charge in [-0.25, -0.2) is 0 Å². The van der Waals surface area contributed by atoms with Crippen LogP contribution in [0, 0.1) is 5.92 Å². The van der Waals surface area contributed by atoms with Gasteiger partial charge < -0.3 is 10.4 Å². The van der Waals surface area contributed by atoms with E-state index in [1.807, 2.05) is 31.2 Å². The van der Waals surface area contributed by atoms with Crippen molar-refractivity contribution in [3.8, 4) is 0 Å². The van der Waals surface area contributed by atoms with E-state index >= 15 is 0 Å². The molecule has 1 aromatic carbocycles. The number of aliphatic carboxylic acids is 1. The molecule has 1 rings (SSSR count). The maximum Gasteiger partial charge on any atom is 0.303 e. The van der Waals surface area contributed by atoms with Crippen LogP contribution in [0.4, 0.5) is 0 Å². The number of aryl methyl sites for hydroxylation is 1. The number of hydrogen-bond donors (Lipinski definition) is 2. The molecule has 4 heteroatoms. The van der Waals surface area contributed by atoms with Crippen molar-refractivity contribution in [3.63, 3.8) is 0 Å². The summed E-state index contributed by atoms with van der Waals surface area (Å²) in [6, 6.07) is 7.60. The lowest BCUT2D eigenvalue weighted by Gasteiger charge is -2.11. The van der Waals surface area contributed by atoms with Crippen molar-refractivity contribution < 1.29 is 14.7 Å². The standard InChI is InChI=1S/C16H23NO3/c1-3-13-5-7-14(8-6-13)16(20)17-11-10-12(2)4-9-15(18)19/h5-8,12H,3-4,9-11H2,1-2H3,(H,17,20)(H,18,19). The predicted molar refractivity (Wildman–Crippen MR) is 78.8 cm³/mol. The van der Waals surface area contributed by atoms with Crippen molar-refractivity contribution in [3.05, 3.63) is 35.4 Å². The highest BCUT2D eigenvalue weighted by molar-refractivity contribution is 5.94. The Morgan fingerprint density at radius 1 is 1.20 bits per heavy atom. The summed E-state index contributed by atoms with van der Waals surface area (Å²) in [5.74, 6) is -0.538. The van der Waals surface area contributed by atoms with Gasteiger partial charge in [0.05, 0.1) is 0 Å². The lowest BCUT2D eigenvalue weighted by Crippen LogP contribution is -2.25. The molecule has 1 aromatic rings. The predicted octanol–water partition coefficient (Wildman–Crippen LogP) is 2.87. The number of amides is 1. The summed E-state index contributed by atoms with van der Waals surface area (Å²) in [5, 5.41) is 11.5. The van der Waals surface area contributed by atoms with Gasteiger partial charge in [-0.05, 0) is 42.9 Å². The van der Waals surface area contributed by atoms with Gasteiger partial charge in [-0.1, -0.05) is 26.0 Å². The Morgan fingerprint density at radius 2 is 1.85 bits per heavy atom. The Bertz CT molecular complexity index is 440. The highest BCUT2D eigenvalue weighted by Gasteiger charge is 2.08. The molecule has 110 valence electrons. The molecule has 1 unspecified atom stereocenters. The Kier molecular flexibility index (Phi) is 6.77. The summed E-state index contributed by atoms with van der Waals surface area (Å²) >= 11 is 0. The molecule has 1 amide bonds. The minimum Gasteiger partial charge on any atom is -0.481 e. The van der Waals surface area contributed by atoms with Gasteiger partial charge in [-0.15, -0.1) is 0 Å². The molecule has 0 aliphatic rings. The number of benzene rings is 1. The Hall–Kier alpha value is -1.84. The van der Waals surface area contributed by atoms with Gasteiger partial charge in [0.2, 0.25) is 0 Å². The van der Waals surface area contributed by atoms with E-state index in [-0.39, 0.29) is 12.3 Å². The van der Waals surface area contributed by atoms with Crippen LogP contribution in [0.15, 0.2) is 24.3 Å². The second-order valence-electron chi connectivity index (χ2n) is 5.13. The molecule has 0 saturated heterocycles. The molecule has 20 heavy (non-hydrogen) atoms. The van der Waals surface area contributed by atoms with Gasteiger partial charge in [0.15, 0.2) is 0 Å². The Balaban J connectivity index is 2.30. The maximum absolute atomic E-state index is 11.9. The average Bonchev–Trinajstić information content (AvgIpc) is 2.45. The Morgan fingerprint density at radius 3 is 2.40 bits per heavy atom. The molecule has 0 spiro atoms. The summed E-state index contributed by atoms with van der Waals surface area (Å²) in [4.78, 5) is 22.3. The van der Waals surface area contributed by atoms with E-state index in [0.29, 0.717) is 24.4 Å². The zero-order valence-corrected chi connectivity index (χ0v) is 12.2. The fourth-order valence-corrected chi connectivity index (χ4v) is 1.94. The first-order chi connectivity index (χ1) is 9.52. The van der Waals surface area contributed by atoms with Crippen molar-refractivity contribution in [2.75, 3.05) is 6.54 Å². The number of carboxylic acids is 1. The van der Waals surface area contributed by atoms with Crippen LogP contribution in [0.25, 0.3) is 0 Å². The normalized spacial score (nSPS) is 11.9. The topological polar surface area (TPSA) is 66.4 Å². The Labute approximate surface area is 120 Å². The van der Waals surface area contributed by atoms with E-state index in [1.165, 1.54) is 5.56 Å². The van der Waals surface area contributed by atoms with Gasteiger partial charge >= 0.3 is 5.97 Å². The SMILES string of the molecule is CCc1ccc(C(=O)NCCC(C)CCC(=O)O)cc1. The third-order valence-corrected chi connectivity index (χ3v) is 3.40. The average molecular weight is 277 g/mol. The van der Waals surface area contributed by atoms with Crippen LogP contribution in [-0.4, -0.2) is 23.5 Å². The lowest BCUT2D eigenvalue weighted by atomic mass is 10.0. The smallest absolute Gasteiger partial charge is 0.303 e. The van der Waals surface area contributed by atoms with Gasteiger partial charge in [0.25, 0.3) is 5.91 Å². The highest BCUT2D eigenvalue weighted by atomic mass is 16.4. The zero-order valence-electron chi connectivity index (χ0n) is 12.2. The van der Waals surface area contributed by atoms with Crippen LogP contribution in [0.2, 0.25) is 0 Å². The third-order valence-electron chi connectivity index (χ3n) is 3.40. The third kappa shape index (κ3) is 5.87. The van der Waals surface area contributed by atoms with Gasteiger partial charge in [0.1, 0.15) is 0 Å². The second kappa shape index (κ2) is 8.35. The van der Waals surface area contributed by atoms with E-state index < -0.39 is 5.97 Å². The maximum atomic E-state index is 11.9. The van der Waals surface area contributed by atoms with Crippen LogP contribution in [0.5, 0.6) is 0 Å². The fourth-order valence-electron chi connectivity index (χ4n) is 1.94. The molecule has 0 saturated carbocycles. The first-order valence-corrected chi connectivity index (χ1v) is 7.11. The fraction of sp³-hybridized carbons (Fsp3) is 0.500. The molecule has 0 bridgehead atoms. The van der Waals surface area contributed by atoms with E-state index in [9.17, 15) is 9.59 Å². The van der Waals surface area contributed by atoms with Crippen LogP contribution in [-0.2, 0) is 11.2 Å². The van der Waals surface area contributed by atoms with Crippen molar-refractivity contribution in [2.45, 2.75) is 39.5 Å². The first kappa shape index (κ1) is 16.2. The highest BCUT2D eigenvalue weighted by Crippen LogP contribution is 2.10. The van der Waals surface area contributed by atoms with Gasteiger partial charge in [-0.2, -0.15) is 0 Å². The number of hydrogen-bond acceptors (Lipinski definition) is 2. The van der Waals surface area contributed by atoms with Crippen molar-refractivity contribution in [1.29, 1.82) is 0 Å². The molecular formula is C16H23NO3. The number of carbonyl (C=O) groups is 2. The van der Waals surface area contributed by atoms with E-state index in [2.05, 4.69) is 12.2 Å². The second-order valence-corrected chi connectivity index (χ2v) is 5.13. The number of rotatable bonds is 8. The largest absolute Gasteiger partial charge is 0.481 e. The van der Waals surface area contributed by atoms with Gasteiger partial charge in [0, 0.05) is 18.5 Å². The summed E-state index contributed by atoms with van der Waals surface area (Å²) in [5.41, 5.74) is 1.88. The molecule has 0 aliphatic heterocycles.